The second kappa shape index (κ2) is 5.85. The van der Waals surface area contributed by atoms with Gasteiger partial charge < -0.3 is 4.74 Å². The molecular formula is C15H12ClFO2. The second-order valence-electron chi connectivity index (χ2n) is 4.09. The Morgan fingerprint density at radius 2 is 1.95 bits per heavy atom. The van der Waals surface area contributed by atoms with Crippen LogP contribution < -0.4 is 4.74 Å². The molecule has 0 heterocycles. The van der Waals surface area contributed by atoms with Crippen molar-refractivity contribution in [3.63, 3.8) is 0 Å². The van der Waals surface area contributed by atoms with Crippen molar-refractivity contribution in [3.8, 4) is 5.75 Å². The van der Waals surface area contributed by atoms with Crippen LogP contribution in [-0.2, 0) is 6.61 Å². The van der Waals surface area contributed by atoms with Crippen molar-refractivity contribution in [3.05, 3.63) is 64.4 Å². The lowest BCUT2D eigenvalue weighted by Gasteiger charge is -2.09. The maximum Gasteiger partial charge on any atom is 0.162 e. The standard InChI is InChI=1S/C15H12ClFO2/c1-10(18)12-7-13(16)15(8-14(12)17)19-9-11-5-3-2-4-6-11/h2-8H,9H2,1H3. The average Bonchev–Trinajstić information content (AvgIpc) is 2.40. The number of hydrogen-bond donors (Lipinski definition) is 0. The quantitative estimate of drug-likeness (QED) is 0.781. The minimum atomic E-state index is -0.625. The molecule has 0 aliphatic carbocycles. The first-order chi connectivity index (χ1) is 9.08. The van der Waals surface area contributed by atoms with Gasteiger partial charge in [0.2, 0.25) is 0 Å². The van der Waals surface area contributed by atoms with Crippen LogP contribution in [0.5, 0.6) is 5.75 Å². The summed E-state index contributed by atoms with van der Waals surface area (Å²) in [6.07, 6.45) is 0. The lowest BCUT2D eigenvalue weighted by Crippen LogP contribution is -2.01. The third-order valence-electron chi connectivity index (χ3n) is 2.64. The Bertz CT molecular complexity index is 597. The third-order valence-corrected chi connectivity index (χ3v) is 2.93. The number of hydrogen-bond acceptors (Lipinski definition) is 2. The second-order valence-corrected chi connectivity index (χ2v) is 4.50. The van der Waals surface area contributed by atoms with Crippen molar-refractivity contribution in [1.82, 2.24) is 0 Å². The summed E-state index contributed by atoms with van der Waals surface area (Å²) < 4.78 is 19.1. The molecule has 0 N–H and O–H groups in total. The van der Waals surface area contributed by atoms with Crippen LogP contribution in [0.4, 0.5) is 4.39 Å². The van der Waals surface area contributed by atoms with Gasteiger partial charge in [0.1, 0.15) is 18.2 Å². The molecule has 0 fully saturated rings. The van der Waals surface area contributed by atoms with Crippen LogP contribution in [0.3, 0.4) is 0 Å². The van der Waals surface area contributed by atoms with E-state index >= 15 is 0 Å². The Morgan fingerprint density at radius 3 is 2.58 bits per heavy atom. The summed E-state index contributed by atoms with van der Waals surface area (Å²) in [5.74, 6) is -0.762. The summed E-state index contributed by atoms with van der Waals surface area (Å²) in [6.45, 7) is 1.58. The molecule has 0 saturated heterocycles. The molecule has 0 amide bonds. The highest BCUT2D eigenvalue weighted by Crippen LogP contribution is 2.28. The van der Waals surface area contributed by atoms with Gasteiger partial charge >= 0.3 is 0 Å². The van der Waals surface area contributed by atoms with Crippen LogP contribution in [0.25, 0.3) is 0 Å². The fourth-order valence-electron chi connectivity index (χ4n) is 1.64. The van der Waals surface area contributed by atoms with Crippen molar-refractivity contribution in [2.24, 2.45) is 0 Å². The van der Waals surface area contributed by atoms with E-state index in [-0.39, 0.29) is 22.1 Å². The third kappa shape index (κ3) is 3.32. The fraction of sp³-hybridized carbons (Fsp3) is 0.133. The van der Waals surface area contributed by atoms with E-state index < -0.39 is 5.82 Å². The van der Waals surface area contributed by atoms with Crippen LogP contribution in [-0.4, -0.2) is 5.78 Å². The van der Waals surface area contributed by atoms with E-state index in [1.54, 1.807) is 0 Å². The lowest BCUT2D eigenvalue weighted by atomic mass is 10.1. The van der Waals surface area contributed by atoms with Crippen molar-refractivity contribution < 1.29 is 13.9 Å². The lowest BCUT2D eigenvalue weighted by molar-refractivity contribution is 0.101. The van der Waals surface area contributed by atoms with Gasteiger partial charge in [-0.3, -0.25) is 4.79 Å². The summed E-state index contributed by atoms with van der Waals surface area (Å²) in [5, 5.41) is 0.225. The molecule has 2 aromatic carbocycles. The van der Waals surface area contributed by atoms with Gasteiger partial charge in [-0.1, -0.05) is 41.9 Å². The molecule has 2 nitrogen and oxygen atoms in total. The van der Waals surface area contributed by atoms with Crippen LogP contribution in [0, 0.1) is 5.82 Å². The molecule has 19 heavy (non-hydrogen) atoms. The van der Waals surface area contributed by atoms with E-state index in [0.29, 0.717) is 6.61 Å². The topological polar surface area (TPSA) is 26.3 Å². The van der Waals surface area contributed by atoms with Gasteiger partial charge in [0.05, 0.1) is 10.6 Å². The van der Waals surface area contributed by atoms with Crippen LogP contribution in [0.1, 0.15) is 22.8 Å². The van der Waals surface area contributed by atoms with Crippen molar-refractivity contribution in [2.75, 3.05) is 0 Å². The molecule has 4 heteroatoms. The zero-order chi connectivity index (χ0) is 13.8. The summed E-state index contributed by atoms with van der Waals surface area (Å²) in [6, 6.07) is 11.9. The zero-order valence-corrected chi connectivity index (χ0v) is 11.1. The maximum atomic E-state index is 13.6. The average molecular weight is 279 g/mol. The Kier molecular flexibility index (Phi) is 4.17. The molecule has 0 aliphatic heterocycles. The molecule has 0 saturated carbocycles. The van der Waals surface area contributed by atoms with Crippen molar-refractivity contribution in [1.29, 1.82) is 0 Å². The van der Waals surface area contributed by atoms with Gasteiger partial charge in [-0.2, -0.15) is 0 Å². The summed E-state index contributed by atoms with van der Waals surface area (Å²) >= 11 is 5.97. The molecule has 2 rings (SSSR count). The number of ether oxygens (including phenoxy) is 1. The normalized spacial score (nSPS) is 10.3. The van der Waals surface area contributed by atoms with Gasteiger partial charge in [-0.15, -0.1) is 0 Å². The molecule has 0 unspecified atom stereocenters. The number of benzene rings is 2. The highest BCUT2D eigenvalue weighted by molar-refractivity contribution is 6.32. The molecule has 0 radical (unpaired) electrons. The van der Waals surface area contributed by atoms with E-state index in [2.05, 4.69) is 0 Å². The molecule has 0 aromatic heterocycles. The highest BCUT2D eigenvalue weighted by atomic mass is 35.5. The first-order valence-electron chi connectivity index (χ1n) is 5.74. The summed E-state index contributed by atoms with van der Waals surface area (Å²) in [5.41, 5.74) is 0.923. The number of halogens is 2. The molecule has 0 atom stereocenters. The SMILES string of the molecule is CC(=O)c1cc(Cl)c(OCc2ccccc2)cc1F. The monoisotopic (exact) mass is 278 g/mol. The fourth-order valence-corrected chi connectivity index (χ4v) is 1.86. The molecule has 0 spiro atoms. The minimum Gasteiger partial charge on any atom is -0.487 e. The van der Waals surface area contributed by atoms with E-state index in [1.807, 2.05) is 30.3 Å². The number of ketones is 1. The first-order valence-corrected chi connectivity index (χ1v) is 6.12. The van der Waals surface area contributed by atoms with Crippen LogP contribution in [0.15, 0.2) is 42.5 Å². The number of rotatable bonds is 4. The van der Waals surface area contributed by atoms with Crippen molar-refractivity contribution >= 4 is 17.4 Å². The molecule has 2 aromatic rings. The minimum absolute atomic E-state index is 0.0305. The Balaban J connectivity index is 2.17. The van der Waals surface area contributed by atoms with Gasteiger partial charge in [0.25, 0.3) is 0 Å². The van der Waals surface area contributed by atoms with E-state index in [9.17, 15) is 9.18 Å². The van der Waals surface area contributed by atoms with Gasteiger partial charge in [0, 0.05) is 6.07 Å². The summed E-state index contributed by atoms with van der Waals surface area (Å²) in [4.78, 5) is 11.2. The van der Waals surface area contributed by atoms with E-state index in [0.717, 1.165) is 11.6 Å². The molecule has 0 aliphatic rings. The number of carbonyl (C=O) groups is 1. The van der Waals surface area contributed by atoms with Gasteiger partial charge in [0.15, 0.2) is 5.78 Å². The Morgan fingerprint density at radius 1 is 1.26 bits per heavy atom. The maximum absolute atomic E-state index is 13.6. The predicted molar refractivity (Wildman–Crippen MR) is 72.2 cm³/mol. The molecule has 98 valence electrons. The van der Waals surface area contributed by atoms with Gasteiger partial charge in [-0.25, -0.2) is 4.39 Å². The highest BCUT2D eigenvalue weighted by Gasteiger charge is 2.12. The largest absolute Gasteiger partial charge is 0.487 e. The smallest absolute Gasteiger partial charge is 0.162 e. The van der Waals surface area contributed by atoms with Crippen LogP contribution >= 0.6 is 11.6 Å². The summed E-state index contributed by atoms with van der Waals surface area (Å²) in [7, 11) is 0. The first kappa shape index (κ1) is 13.6. The number of Topliss-reactive ketones (excluding diaryl/α,β-unsaturated/α-hetero) is 1. The predicted octanol–water partition coefficient (Wildman–Crippen LogP) is 4.26. The zero-order valence-electron chi connectivity index (χ0n) is 10.3. The Labute approximate surface area is 115 Å². The van der Waals surface area contributed by atoms with E-state index in [1.165, 1.54) is 13.0 Å². The van der Waals surface area contributed by atoms with Crippen LogP contribution in [0.2, 0.25) is 5.02 Å². The molecule has 0 bridgehead atoms. The van der Waals surface area contributed by atoms with Crippen molar-refractivity contribution in [2.45, 2.75) is 13.5 Å². The molecular weight excluding hydrogens is 267 g/mol. The van der Waals surface area contributed by atoms with E-state index in [4.69, 9.17) is 16.3 Å². The van der Waals surface area contributed by atoms with Gasteiger partial charge in [-0.05, 0) is 18.6 Å². The Hall–Kier alpha value is -1.87. The number of carbonyl (C=O) groups excluding carboxylic acids is 1.